The predicted octanol–water partition coefficient (Wildman–Crippen LogP) is 2.89. The second kappa shape index (κ2) is 7.51. The molecule has 1 radical (unpaired) electrons. The van der Waals surface area contributed by atoms with Gasteiger partial charge >= 0.3 is 0 Å². The number of hydrogen-bond acceptors (Lipinski definition) is 2. The molecule has 0 aliphatic rings. The molecule has 4 heteroatoms. The summed E-state index contributed by atoms with van der Waals surface area (Å²) in [5, 5.41) is 0. The fraction of sp³-hybridized carbons (Fsp3) is 0.133. The molecule has 0 saturated carbocycles. The van der Waals surface area contributed by atoms with Gasteiger partial charge in [0.2, 0.25) is 0 Å². The van der Waals surface area contributed by atoms with Crippen molar-refractivity contribution in [3.63, 3.8) is 0 Å². The molecule has 0 N–H and O–H groups in total. The van der Waals surface area contributed by atoms with Crippen molar-refractivity contribution >= 4 is 17.9 Å². The third-order valence-corrected chi connectivity index (χ3v) is 2.59. The average molecular weight is 327 g/mol. The third-order valence-electron chi connectivity index (χ3n) is 2.59. The summed E-state index contributed by atoms with van der Waals surface area (Å²) in [6, 6.07) is 9.88. The van der Waals surface area contributed by atoms with Gasteiger partial charge in [0.1, 0.15) is 5.78 Å². The molecule has 19 heavy (non-hydrogen) atoms. The first-order valence-corrected chi connectivity index (χ1v) is 5.74. The van der Waals surface area contributed by atoms with E-state index >= 15 is 0 Å². The summed E-state index contributed by atoms with van der Waals surface area (Å²) in [4.78, 5) is 15.7. The van der Waals surface area contributed by atoms with Crippen LogP contribution in [0, 0.1) is 13.3 Å². The first-order valence-electron chi connectivity index (χ1n) is 5.74. The van der Waals surface area contributed by atoms with Crippen molar-refractivity contribution in [2.24, 2.45) is 0 Å². The largest absolute Gasteiger partial charge is 0.473 e. The van der Waals surface area contributed by atoms with E-state index in [1.807, 2.05) is 42.5 Å². The molecule has 1 heterocycles. The Kier molecular flexibility index (Phi) is 6.33. The van der Waals surface area contributed by atoms with Crippen LogP contribution >= 0.6 is 0 Å². The van der Waals surface area contributed by atoms with E-state index < -0.39 is 0 Å². The molecule has 0 aliphatic carbocycles. The van der Waals surface area contributed by atoms with Crippen molar-refractivity contribution in [3.8, 4) is 0 Å². The molecule has 1 aromatic carbocycles. The molecule has 0 saturated heterocycles. The molecule has 0 aliphatic heterocycles. The first kappa shape index (κ1) is 16.0. The molecule has 1 aromatic heterocycles. The number of aromatic nitrogens is 2. The fourth-order valence-corrected chi connectivity index (χ4v) is 1.74. The zero-order chi connectivity index (χ0) is 13.0. The Bertz CT molecular complexity index is 573. The van der Waals surface area contributed by atoms with Crippen LogP contribution in [-0.2, 0) is 39.3 Å². The van der Waals surface area contributed by atoms with E-state index in [9.17, 15) is 4.79 Å². The number of carbonyl (C=O) groups is 1. The molecule has 0 bridgehead atoms. The van der Waals surface area contributed by atoms with E-state index in [0.717, 1.165) is 5.56 Å². The van der Waals surface area contributed by atoms with Gasteiger partial charge in [-0.15, -0.1) is 12.6 Å². The Hall–Kier alpha value is -1.06. The quantitative estimate of drug-likeness (QED) is 0.639. The van der Waals surface area contributed by atoms with Crippen LogP contribution in [0.15, 0.2) is 30.3 Å². The van der Waals surface area contributed by atoms with Gasteiger partial charge in [-0.25, -0.2) is 0 Å². The topological polar surface area (TPSA) is 34.9 Å². The normalized spacial score (nSPS) is 10.4. The van der Waals surface area contributed by atoms with Gasteiger partial charge in [-0.3, -0.25) is 0 Å². The molecule has 3 nitrogen and oxygen atoms in total. The Balaban J connectivity index is 0.00000180. The van der Waals surface area contributed by atoms with Crippen molar-refractivity contribution in [2.45, 2.75) is 13.5 Å². The summed E-state index contributed by atoms with van der Waals surface area (Å²) in [7, 11) is 0. The maximum Gasteiger partial charge on any atom is 0.112 e. The molecule has 0 fully saturated rings. The van der Waals surface area contributed by atoms with Crippen LogP contribution in [0.5, 0.6) is 0 Å². The van der Waals surface area contributed by atoms with E-state index in [0.29, 0.717) is 17.9 Å². The van der Waals surface area contributed by atoms with Crippen LogP contribution in [-0.4, -0.2) is 15.3 Å². The number of rotatable bonds is 4. The molecule has 0 amide bonds. The molecular formula is C15H14N2OY-2. The first-order chi connectivity index (χ1) is 8.72. The van der Waals surface area contributed by atoms with E-state index in [2.05, 4.69) is 18.2 Å². The summed E-state index contributed by atoms with van der Waals surface area (Å²) in [5.74, 6) is -0.0277. The van der Waals surface area contributed by atoms with Crippen LogP contribution in [0.3, 0.4) is 0 Å². The minimum absolute atomic E-state index is 0. The minimum Gasteiger partial charge on any atom is -0.473 e. The number of carbonyl (C=O) groups excluding carboxylic acids is 1. The standard InChI is InChI=1S/C15H14N2O.Y/c1-3-17-11-16-14(15(17)12(2)18)10-9-13-7-5-4-6-8-13;/h4-10H,1,3H2,2H3;/q-2;/b10-9+;. The van der Waals surface area contributed by atoms with Crippen LogP contribution in [0.1, 0.15) is 28.7 Å². The van der Waals surface area contributed by atoms with Crippen molar-refractivity contribution in [3.05, 3.63) is 60.5 Å². The average Bonchev–Trinajstić information content (AvgIpc) is 2.80. The summed E-state index contributed by atoms with van der Waals surface area (Å²) in [5.41, 5.74) is 2.25. The summed E-state index contributed by atoms with van der Waals surface area (Å²) in [6.07, 6.45) is 6.53. The van der Waals surface area contributed by atoms with E-state index in [-0.39, 0.29) is 38.5 Å². The number of nitrogens with zero attached hydrogens (tertiary/aromatic N) is 2. The number of imidazole rings is 1. The van der Waals surface area contributed by atoms with Gasteiger partial charge in [-0.1, -0.05) is 42.1 Å². The molecule has 0 atom stereocenters. The van der Waals surface area contributed by atoms with Gasteiger partial charge in [-0.2, -0.15) is 0 Å². The van der Waals surface area contributed by atoms with Gasteiger partial charge in [0.15, 0.2) is 0 Å². The maximum atomic E-state index is 11.6. The monoisotopic (exact) mass is 327 g/mol. The van der Waals surface area contributed by atoms with Crippen LogP contribution in [0.4, 0.5) is 0 Å². The second-order valence-electron chi connectivity index (χ2n) is 3.90. The van der Waals surface area contributed by atoms with Gasteiger partial charge in [0.05, 0.1) is 0 Å². The SMILES string of the molecule is [CH2-]Cn1[c-]nc(/C=C/c2ccccc2)c1C(C)=O.[Y]. The number of benzene rings is 1. The van der Waals surface area contributed by atoms with Gasteiger partial charge in [-0.05, 0) is 24.5 Å². The van der Waals surface area contributed by atoms with Crippen molar-refractivity contribution in [2.75, 3.05) is 0 Å². The molecular weight excluding hydrogens is 313 g/mol. The van der Waals surface area contributed by atoms with Crippen molar-refractivity contribution in [1.82, 2.24) is 9.55 Å². The number of hydrogen-bond donors (Lipinski definition) is 0. The Morgan fingerprint density at radius 2 is 2.05 bits per heavy atom. The Morgan fingerprint density at radius 3 is 2.63 bits per heavy atom. The fourth-order valence-electron chi connectivity index (χ4n) is 1.74. The predicted molar refractivity (Wildman–Crippen MR) is 71.8 cm³/mol. The molecule has 2 aromatic rings. The van der Waals surface area contributed by atoms with E-state index in [1.165, 1.54) is 6.92 Å². The minimum atomic E-state index is -0.0277. The van der Waals surface area contributed by atoms with Crippen molar-refractivity contribution < 1.29 is 37.5 Å². The van der Waals surface area contributed by atoms with Gasteiger partial charge in [0, 0.05) is 32.7 Å². The summed E-state index contributed by atoms with van der Waals surface area (Å²) < 4.78 is 1.63. The molecule has 2 rings (SSSR count). The van der Waals surface area contributed by atoms with E-state index in [4.69, 9.17) is 0 Å². The van der Waals surface area contributed by atoms with Gasteiger partial charge < -0.3 is 21.3 Å². The third kappa shape index (κ3) is 3.95. The second-order valence-corrected chi connectivity index (χ2v) is 3.90. The van der Waals surface area contributed by atoms with E-state index in [1.54, 1.807) is 4.57 Å². The maximum absolute atomic E-state index is 11.6. The molecule has 0 unspecified atom stereocenters. The summed E-state index contributed by atoms with van der Waals surface area (Å²) >= 11 is 0. The van der Waals surface area contributed by atoms with Gasteiger partial charge in [0.25, 0.3) is 0 Å². The number of ketones is 1. The number of Topliss-reactive ketones (excluding diaryl/α,β-unsaturated/α-hetero) is 1. The molecule has 95 valence electrons. The van der Waals surface area contributed by atoms with Crippen molar-refractivity contribution in [1.29, 1.82) is 0 Å². The Morgan fingerprint density at radius 1 is 1.37 bits per heavy atom. The van der Waals surface area contributed by atoms with Crippen LogP contribution < -0.4 is 0 Å². The molecule has 0 spiro atoms. The van der Waals surface area contributed by atoms with Crippen LogP contribution in [0.2, 0.25) is 0 Å². The summed E-state index contributed by atoms with van der Waals surface area (Å²) in [6.45, 7) is 5.72. The Labute approximate surface area is 138 Å². The van der Waals surface area contributed by atoms with Crippen LogP contribution in [0.25, 0.3) is 12.2 Å². The smallest absolute Gasteiger partial charge is 0.112 e. The zero-order valence-electron chi connectivity index (χ0n) is 10.8. The zero-order valence-corrected chi connectivity index (χ0v) is 13.7.